The zero-order chi connectivity index (χ0) is 10.6. The Balaban J connectivity index is 3.18. The van der Waals surface area contributed by atoms with Gasteiger partial charge in [0.25, 0.3) is 0 Å². The van der Waals surface area contributed by atoms with Crippen LogP contribution in [0.1, 0.15) is 5.56 Å². The lowest BCUT2D eigenvalue weighted by Gasteiger charge is -2.26. The molecule has 0 saturated carbocycles. The molecule has 0 atom stereocenters. The van der Waals surface area contributed by atoms with Crippen molar-refractivity contribution < 1.29 is 15.0 Å². The smallest absolute Gasteiger partial charge is 0.232 e. The summed E-state index contributed by atoms with van der Waals surface area (Å²) < 4.78 is 0. The largest absolute Gasteiger partial charge is 0.395 e. The summed E-state index contributed by atoms with van der Waals surface area (Å²) in [6.45, 7) is -0.994. The molecular weight excluding hydrogens is 182 g/mol. The second-order valence-corrected chi connectivity index (χ2v) is 3.13. The van der Waals surface area contributed by atoms with Gasteiger partial charge in [-0.3, -0.25) is 4.79 Å². The second kappa shape index (κ2) is 4.21. The number of hydrogen-bond acceptors (Lipinski definition) is 3. The Morgan fingerprint density at radius 1 is 1.21 bits per heavy atom. The number of carbonyl (C=O) groups is 1. The van der Waals surface area contributed by atoms with Crippen LogP contribution < -0.4 is 5.73 Å². The Morgan fingerprint density at radius 2 is 1.71 bits per heavy atom. The zero-order valence-electron chi connectivity index (χ0n) is 7.68. The van der Waals surface area contributed by atoms with E-state index in [0.717, 1.165) is 0 Å². The average Bonchev–Trinajstić information content (AvgIpc) is 2.22. The van der Waals surface area contributed by atoms with Crippen LogP contribution in [-0.2, 0) is 10.2 Å². The molecule has 0 aromatic heterocycles. The van der Waals surface area contributed by atoms with Gasteiger partial charge in [0, 0.05) is 0 Å². The molecule has 14 heavy (non-hydrogen) atoms. The molecule has 0 saturated heterocycles. The van der Waals surface area contributed by atoms with Crippen LogP contribution in [-0.4, -0.2) is 29.3 Å². The van der Waals surface area contributed by atoms with Gasteiger partial charge in [0.2, 0.25) is 5.91 Å². The highest BCUT2D eigenvalue weighted by Gasteiger charge is 2.37. The Bertz CT molecular complexity index is 306. The minimum atomic E-state index is -1.37. The molecule has 1 aromatic carbocycles. The Hall–Kier alpha value is -1.39. The van der Waals surface area contributed by atoms with E-state index in [4.69, 9.17) is 15.9 Å². The van der Waals surface area contributed by atoms with Crippen LogP contribution in [0.25, 0.3) is 0 Å². The summed E-state index contributed by atoms with van der Waals surface area (Å²) in [4.78, 5) is 11.2. The highest BCUT2D eigenvalue weighted by molar-refractivity contribution is 5.87. The van der Waals surface area contributed by atoms with Crippen molar-refractivity contribution in [3.63, 3.8) is 0 Å². The van der Waals surface area contributed by atoms with E-state index >= 15 is 0 Å². The summed E-state index contributed by atoms with van der Waals surface area (Å²) in [5, 5.41) is 18.3. The van der Waals surface area contributed by atoms with Crippen LogP contribution in [0.2, 0.25) is 0 Å². The van der Waals surface area contributed by atoms with E-state index in [1.165, 1.54) is 0 Å². The van der Waals surface area contributed by atoms with Crippen LogP contribution in [0.4, 0.5) is 0 Å². The summed E-state index contributed by atoms with van der Waals surface area (Å²) in [6, 6.07) is 8.52. The van der Waals surface area contributed by atoms with E-state index in [-0.39, 0.29) is 0 Å². The summed E-state index contributed by atoms with van der Waals surface area (Å²) in [6.07, 6.45) is 0. The summed E-state index contributed by atoms with van der Waals surface area (Å²) in [5.74, 6) is -0.728. The fourth-order valence-electron chi connectivity index (χ4n) is 1.29. The first-order valence-electron chi connectivity index (χ1n) is 4.24. The molecule has 0 aliphatic rings. The van der Waals surface area contributed by atoms with Gasteiger partial charge < -0.3 is 15.9 Å². The normalized spacial score (nSPS) is 11.3. The lowest BCUT2D eigenvalue weighted by Crippen LogP contribution is -2.47. The van der Waals surface area contributed by atoms with Crippen molar-refractivity contribution >= 4 is 5.91 Å². The second-order valence-electron chi connectivity index (χ2n) is 3.13. The molecule has 1 amide bonds. The predicted octanol–water partition coefficient (Wildman–Crippen LogP) is -0.606. The van der Waals surface area contributed by atoms with E-state index in [9.17, 15) is 4.79 Å². The summed E-state index contributed by atoms with van der Waals surface area (Å²) in [5.41, 5.74) is 4.32. The summed E-state index contributed by atoms with van der Waals surface area (Å²) in [7, 11) is 0. The number of aliphatic hydroxyl groups excluding tert-OH is 2. The number of rotatable bonds is 4. The highest BCUT2D eigenvalue weighted by Crippen LogP contribution is 2.22. The first kappa shape index (κ1) is 10.7. The SMILES string of the molecule is NC(=O)C(CO)(CO)c1ccccc1. The van der Waals surface area contributed by atoms with Crippen LogP contribution >= 0.6 is 0 Å². The fourth-order valence-corrected chi connectivity index (χ4v) is 1.29. The number of aliphatic hydroxyl groups is 2. The molecule has 0 heterocycles. The van der Waals surface area contributed by atoms with Gasteiger partial charge >= 0.3 is 0 Å². The maximum absolute atomic E-state index is 11.2. The first-order chi connectivity index (χ1) is 6.67. The minimum Gasteiger partial charge on any atom is -0.395 e. The van der Waals surface area contributed by atoms with Crippen molar-refractivity contribution in [1.82, 2.24) is 0 Å². The van der Waals surface area contributed by atoms with Gasteiger partial charge in [-0.25, -0.2) is 0 Å². The van der Waals surface area contributed by atoms with E-state index < -0.39 is 24.5 Å². The number of carbonyl (C=O) groups excluding carboxylic acids is 1. The third kappa shape index (κ3) is 1.62. The topological polar surface area (TPSA) is 83.6 Å². The third-order valence-corrected chi connectivity index (χ3v) is 2.34. The molecule has 1 aromatic rings. The van der Waals surface area contributed by atoms with Crippen LogP contribution in [0.15, 0.2) is 30.3 Å². The average molecular weight is 195 g/mol. The number of benzene rings is 1. The predicted molar refractivity (Wildman–Crippen MR) is 51.5 cm³/mol. The van der Waals surface area contributed by atoms with Gasteiger partial charge in [-0.1, -0.05) is 30.3 Å². The molecule has 4 heteroatoms. The van der Waals surface area contributed by atoms with E-state index in [1.54, 1.807) is 30.3 Å². The molecule has 0 fully saturated rings. The van der Waals surface area contributed by atoms with Gasteiger partial charge in [0.1, 0.15) is 5.41 Å². The maximum Gasteiger partial charge on any atom is 0.232 e. The highest BCUT2D eigenvalue weighted by atomic mass is 16.3. The number of primary amides is 1. The molecule has 0 spiro atoms. The minimum absolute atomic E-state index is 0.497. The fraction of sp³-hybridized carbons (Fsp3) is 0.300. The lowest BCUT2D eigenvalue weighted by molar-refractivity contribution is -0.126. The lowest BCUT2D eigenvalue weighted by atomic mass is 9.81. The van der Waals surface area contributed by atoms with Crippen molar-refractivity contribution in [3.05, 3.63) is 35.9 Å². The van der Waals surface area contributed by atoms with Crippen LogP contribution in [0, 0.1) is 0 Å². The molecule has 76 valence electrons. The van der Waals surface area contributed by atoms with Gasteiger partial charge in [-0.05, 0) is 5.56 Å². The zero-order valence-corrected chi connectivity index (χ0v) is 7.68. The molecule has 4 nitrogen and oxygen atoms in total. The van der Waals surface area contributed by atoms with E-state index in [2.05, 4.69) is 0 Å². The summed E-state index contributed by atoms with van der Waals surface area (Å²) >= 11 is 0. The number of amides is 1. The molecule has 1 rings (SSSR count). The van der Waals surface area contributed by atoms with Crippen molar-refractivity contribution in [1.29, 1.82) is 0 Å². The molecule has 0 bridgehead atoms. The molecule has 0 aliphatic heterocycles. The first-order valence-corrected chi connectivity index (χ1v) is 4.24. The Kier molecular flexibility index (Phi) is 3.22. The molecule has 0 aliphatic carbocycles. The van der Waals surface area contributed by atoms with E-state index in [0.29, 0.717) is 5.56 Å². The molecule has 4 N–H and O–H groups in total. The van der Waals surface area contributed by atoms with Crippen LogP contribution in [0.5, 0.6) is 0 Å². The maximum atomic E-state index is 11.2. The third-order valence-electron chi connectivity index (χ3n) is 2.34. The quantitative estimate of drug-likeness (QED) is 0.599. The van der Waals surface area contributed by atoms with Crippen molar-refractivity contribution in [3.8, 4) is 0 Å². The Labute approximate surface area is 82.0 Å². The van der Waals surface area contributed by atoms with Crippen molar-refractivity contribution in [2.45, 2.75) is 5.41 Å². The van der Waals surface area contributed by atoms with Gasteiger partial charge in [-0.15, -0.1) is 0 Å². The molecule has 0 radical (unpaired) electrons. The van der Waals surface area contributed by atoms with Crippen molar-refractivity contribution in [2.75, 3.05) is 13.2 Å². The van der Waals surface area contributed by atoms with Gasteiger partial charge in [-0.2, -0.15) is 0 Å². The molecule has 0 unspecified atom stereocenters. The van der Waals surface area contributed by atoms with Gasteiger partial charge in [0.05, 0.1) is 13.2 Å². The van der Waals surface area contributed by atoms with Crippen LogP contribution in [0.3, 0.4) is 0 Å². The molecular formula is C10H13NO3. The van der Waals surface area contributed by atoms with Gasteiger partial charge in [0.15, 0.2) is 0 Å². The van der Waals surface area contributed by atoms with E-state index in [1.807, 2.05) is 0 Å². The monoisotopic (exact) mass is 195 g/mol. The number of nitrogens with two attached hydrogens (primary N) is 1. The standard InChI is InChI=1S/C10H13NO3/c11-9(14)10(6-12,7-13)8-4-2-1-3-5-8/h1-5,12-13H,6-7H2,(H2,11,14). The number of hydrogen-bond donors (Lipinski definition) is 3. The van der Waals surface area contributed by atoms with Crippen molar-refractivity contribution in [2.24, 2.45) is 5.73 Å². The Morgan fingerprint density at radius 3 is 2.07 bits per heavy atom.